The first-order chi connectivity index (χ1) is 9.45. The summed E-state index contributed by atoms with van der Waals surface area (Å²) < 4.78 is 0. The van der Waals surface area contributed by atoms with Crippen molar-refractivity contribution < 1.29 is 14.7 Å². The zero-order valence-corrected chi connectivity index (χ0v) is 12.0. The van der Waals surface area contributed by atoms with E-state index in [1.165, 1.54) is 17.5 Å². The summed E-state index contributed by atoms with van der Waals surface area (Å²) in [5.41, 5.74) is 2.10. The zero-order valence-electron chi connectivity index (χ0n) is 11.1. The molecule has 2 N–H and O–H groups in total. The normalized spacial score (nSPS) is 10.3. The van der Waals surface area contributed by atoms with Crippen LogP contribution < -0.4 is 5.32 Å². The van der Waals surface area contributed by atoms with Crippen LogP contribution in [0.3, 0.4) is 0 Å². The van der Waals surface area contributed by atoms with Gasteiger partial charge in [-0.3, -0.25) is 14.6 Å². The summed E-state index contributed by atoms with van der Waals surface area (Å²) >= 11 is 1.44. The highest BCUT2D eigenvalue weighted by atomic mass is 32.1. The van der Waals surface area contributed by atoms with Crippen LogP contribution in [0.2, 0.25) is 0 Å². The molecular weight excluding hydrogens is 276 g/mol. The Balaban J connectivity index is 2.06. The second kappa shape index (κ2) is 5.83. The highest BCUT2D eigenvalue weighted by Gasteiger charge is 2.11. The molecule has 2 aromatic heterocycles. The van der Waals surface area contributed by atoms with Crippen molar-refractivity contribution in [1.29, 1.82) is 0 Å². The number of anilines is 1. The van der Waals surface area contributed by atoms with Crippen molar-refractivity contribution in [2.45, 2.75) is 20.3 Å². The molecule has 2 heterocycles. The van der Waals surface area contributed by atoms with Crippen LogP contribution >= 0.6 is 11.3 Å². The molecule has 1 amide bonds. The molecule has 104 valence electrons. The predicted octanol–water partition coefficient (Wildman–Crippen LogP) is 2.64. The molecule has 0 bridgehead atoms. The molecule has 0 aromatic carbocycles. The Morgan fingerprint density at radius 1 is 1.35 bits per heavy atom. The van der Waals surface area contributed by atoms with Crippen LogP contribution in [0.15, 0.2) is 24.4 Å². The van der Waals surface area contributed by atoms with E-state index in [-0.39, 0.29) is 12.3 Å². The maximum Gasteiger partial charge on any atom is 0.309 e. The maximum absolute atomic E-state index is 12.0. The number of nitrogens with one attached hydrogen (secondary N) is 1. The van der Waals surface area contributed by atoms with Crippen LogP contribution in [-0.4, -0.2) is 22.0 Å². The fourth-order valence-electron chi connectivity index (χ4n) is 1.64. The van der Waals surface area contributed by atoms with Crippen LogP contribution in [0.4, 0.5) is 5.69 Å². The number of pyridine rings is 1. The SMILES string of the molecule is Cc1cc(C(=O)Nc2ccc(CC(=O)O)nc2)sc1C. The minimum atomic E-state index is -0.932. The molecule has 0 unspecified atom stereocenters. The van der Waals surface area contributed by atoms with E-state index >= 15 is 0 Å². The second-order valence-electron chi connectivity index (χ2n) is 4.41. The van der Waals surface area contributed by atoms with Crippen molar-refractivity contribution >= 4 is 28.9 Å². The smallest absolute Gasteiger partial charge is 0.309 e. The lowest BCUT2D eigenvalue weighted by Gasteiger charge is -2.03. The third-order valence-electron chi connectivity index (χ3n) is 2.80. The lowest BCUT2D eigenvalue weighted by molar-refractivity contribution is -0.136. The molecule has 2 aromatic rings. The van der Waals surface area contributed by atoms with E-state index in [0.29, 0.717) is 16.3 Å². The Kier molecular flexibility index (Phi) is 4.14. The first kappa shape index (κ1) is 14.2. The van der Waals surface area contributed by atoms with Gasteiger partial charge in [-0.25, -0.2) is 0 Å². The summed E-state index contributed by atoms with van der Waals surface area (Å²) in [5.74, 6) is -1.11. The van der Waals surface area contributed by atoms with Crippen molar-refractivity contribution in [3.8, 4) is 0 Å². The topological polar surface area (TPSA) is 79.3 Å². The van der Waals surface area contributed by atoms with Crippen LogP contribution in [0.1, 0.15) is 25.8 Å². The third kappa shape index (κ3) is 3.42. The summed E-state index contributed by atoms with van der Waals surface area (Å²) in [6.07, 6.45) is 1.33. The lowest BCUT2D eigenvalue weighted by Crippen LogP contribution is -2.11. The fraction of sp³-hybridized carbons (Fsp3) is 0.214. The number of carbonyl (C=O) groups excluding carboxylic acids is 1. The number of carboxylic acid groups (broad SMARTS) is 1. The Bertz CT molecular complexity index is 627. The first-order valence-corrected chi connectivity index (χ1v) is 6.82. The number of carboxylic acids is 1. The van der Waals surface area contributed by atoms with Gasteiger partial charge in [0.15, 0.2) is 0 Å². The minimum absolute atomic E-state index is 0.127. The highest BCUT2D eigenvalue weighted by Crippen LogP contribution is 2.21. The van der Waals surface area contributed by atoms with Gasteiger partial charge in [-0.2, -0.15) is 0 Å². The molecule has 5 nitrogen and oxygen atoms in total. The van der Waals surface area contributed by atoms with E-state index < -0.39 is 5.97 Å². The van der Waals surface area contributed by atoms with Gasteiger partial charge in [-0.05, 0) is 37.6 Å². The summed E-state index contributed by atoms with van der Waals surface area (Å²) in [6.45, 7) is 3.93. The highest BCUT2D eigenvalue weighted by molar-refractivity contribution is 7.14. The summed E-state index contributed by atoms with van der Waals surface area (Å²) in [5, 5.41) is 11.4. The largest absolute Gasteiger partial charge is 0.481 e. The quantitative estimate of drug-likeness (QED) is 0.907. The third-order valence-corrected chi connectivity index (χ3v) is 3.96. The summed E-state index contributed by atoms with van der Waals surface area (Å²) in [6, 6.07) is 5.09. The molecular formula is C14H14N2O3S. The van der Waals surface area contributed by atoms with Crippen molar-refractivity contribution in [2.24, 2.45) is 0 Å². The van der Waals surface area contributed by atoms with Crippen LogP contribution in [0.5, 0.6) is 0 Å². The standard InChI is InChI=1S/C14H14N2O3S/c1-8-5-12(20-9(8)2)14(19)16-11-4-3-10(15-7-11)6-13(17)18/h3-5,7H,6H2,1-2H3,(H,16,19)(H,17,18). The number of aliphatic carboxylic acids is 1. The monoisotopic (exact) mass is 290 g/mol. The molecule has 0 saturated heterocycles. The molecule has 0 aliphatic rings. The van der Waals surface area contributed by atoms with E-state index in [4.69, 9.17) is 5.11 Å². The average molecular weight is 290 g/mol. The van der Waals surface area contributed by atoms with E-state index in [2.05, 4.69) is 10.3 Å². The van der Waals surface area contributed by atoms with E-state index in [0.717, 1.165) is 10.4 Å². The molecule has 0 spiro atoms. The molecule has 6 heteroatoms. The van der Waals surface area contributed by atoms with Gasteiger partial charge in [-0.15, -0.1) is 11.3 Å². The van der Waals surface area contributed by atoms with Crippen LogP contribution in [0.25, 0.3) is 0 Å². The second-order valence-corrected chi connectivity index (χ2v) is 5.67. The van der Waals surface area contributed by atoms with Crippen molar-refractivity contribution in [2.75, 3.05) is 5.32 Å². The minimum Gasteiger partial charge on any atom is -0.481 e. The maximum atomic E-state index is 12.0. The predicted molar refractivity (Wildman–Crippen MR) is 77.3 cm³/mol. The average Bonchev–Trinajstić information content (AvgIpc) is 2.71. The number of rotatable bonds is 4. The van der Waals surface area contributed by atoms with Gasteiger partial charge in [0, 0.05) is 4.88 Å². The van der Waals surface area contributed by atoms with Gasteiger partial charge in [-0.1, -0.05) is 0 Å². The molecule has 0 fully saturated rings. The van der Waals surface area contributed by atoms with Crippen molar-refractivity contribution in [3.63, 3.8) is 0 Å². The first-order valence-electron chi connectivity index (χ1n) is 6.01. The number of amides is 1. The number of hydrogen-bond donors (Lipinski definition) is 2. The fourth-order valence-corrected chi connectivity index (χ4v) is 2.56. The molecule has 0 radical (unpaired) electrons. The summed E-state index contributed by atoms with van der Waals surface area (Å²) in [4.78, 5) is 28.3. The van der Waals surface area contributed by atoms with Crippen molar-refractivity contribution in [1.82, 2.24) is 4.98 Å². The van der Waals surface area contributed by atoms with Gasteiger partial charge >= 0.3 is 5.97 Å². The van der Waals surface area contributed by atoms with E-state index in [1.807, 2.05) is 19.9 Å². The van der Waals surface area contributed by atoms with Gasteiger partial charge in [0.2, 0.25) is 0 Å². The molecule has 20 heavy (non-hydrogen) atoms. The van der Waals surface area contributed by atoms with Crippen molar-refractivity contribution in [3.05, 3.63) is 45.4 Å². The molecule has 0 aliphatic heterocycles. The number of carbonyl (C=O) groups is 2. The van der Waals surface area contributed by atoms with Gasteiger partial charge in [0.1, 0.15) is 0 Å². The van der Waals surface area contributed by atoms with Crippen LogP contribution in [0, 0.1) is 13.8 Å². The Morgan fingerprint density at radius 3 is 2.60 bits per heavy atom. The van der Waals surface area contributed by atoms with Gasteiger partial charge < -0.3 is 10.4 Å². The summed E-state index contributed by atoms with van der Waals surface area (Å²) in [7, 11) is 0. The number of nitrogens with zero attached hydrogens (tertiary/aromatic N) is 1. The Labute approximate surface area is 120 Å². The lowest BCUT2D eigenvalue weighted by atomic mass is 10.2. The number of aryl methyl sites for hydroxylation is 2. The number of thiophene rings is 1. The zero-order chi connectivity index (χ0) is 14.7. The molecule has 0 aliphatic carbocycles. The van der Waals surface area contributed by atoms with E-state index in [1.54, 1.807) is 12.1 Å². The molecule has 0 saturated carbocycles. The van der Waals surface area contributed by atoms with E-state index in [9.17, 15) is 9.59 Å². The number of hydrogen-bond acceptors (Lipinski definition) is 4. The van der Waals surface area contributed by atoms with Gasteiger partial charge in [0.05, 0.1) is 28.9 Å². The Morgan fingerprint density at radius 2 is 2.10 bits per heavy atom. The number of aromatic nitrogens is 1. The van der Waals surface area contributed by atoms with Gasteiger partial charge in [0.25, 0.3) is 5.91 Å². The Hall–Kier alpha value is -2.21. The molecule has 2 rings (SSSR count). The van der Waals surface area contributed by atoms with Crippen LogP contribution in [-0.2, 0) is 11.2 Å². The molecule has 0 atom stereocenters.